The first-order valence-corrected chi connectivity index (χ1v) is 5.40. The smallest absolute Gasteiger partial charge is 0.329 e. The van der Waals surface area contributed by atoms with Crippen LogP contribution in [-0.2, 0) is 9.59 Å². The summed E-state index contributed by atoms with van der Waals surface area (Å²) in [5.74, 6) is -1.07. The van der Waals surface area contributed by atoms with Crippen molar-refractivity contribution < 1.29 is 14.7 Å². The van der Waals surface area contributed by atoms with E-state index in [-0.39, 0.29) is 11.8 Å². The fourth-order valence-corrected chi connectivity index (χ4v) is 1.93. The van der Waals surface area contributed by atoms with Crippen LogP contribution in [0.25, 0.3) is 0 Å². The molecule has 0 radical (unpaired) electrons. The van der Waals surface area contributed by atoms with E-state index in [9.17, 15) is 9.59 Å². The molecule has 2 aliphatic rings. The Morgan fingerprint density at radius 1 is 1.40 bits per heavy atom. The Morgan fingerprint density at radius 3 is 2.60 bits per heavy atom. The Bertz CT molecular complexity index is 280. The lowest BCUT2D eigenvalue weighted by Gasteiger charge is -2.23. The van der Waals surface area contributed by atoms with Gasteiger partial charge < -0.3 is 15.7 Å². The van der Waals surface area contributed by atoms with Crippen LogP contribution >= 0.6 is 0 Å². The van der Waals surface area contributed by atoms with Gasteiger partial charge in [-0.15, -0.1) is 0 Å². The zero-order chi connectivity index (χ0) is 10.9. The second-order valence-corrected chi connectivity index (χ2v) is 4.42. The quantitative estimate of drug-likeness (QED) is 0.601. The van der Waals surface area contributed by atoms with Crippen molar-refractivity contribution in [2.75, 3.05) is 13.1 Å². The number of rotatable bonds is 3. The average Bonchev–Trinajstić information content (AvgIpc) is 3.00. The summed E-state index contributed by atoms with van der Waals surface area (Å²) in [5.41, 5.74) is -0.936. The highest BCUT2D eigenvalue weighted by Crippen LogP contribution is 2.35. The summed E-state index contributed by atoms with van der Waals surface area (Å²) in [5, 5.41) is 14.7. The van der Waals surface area contributed by atoms with Crippen LogP contribution in [0.4, 0.5) is 0 Å². The third-order valence-corrected chi connectivity index (χ3v) is 3.19. The third-order valence-electron chi connectivity index (χ3n) is 3.19. The summed E-state index contributed by atoms with van der Waals surface area (Å²) < 4.78 is 0. The molecule has 1 saturated heterocycles. The number of hydrogen-bond donors (Lipinski definition) is 3. The van der Waals surface area contributed by atoms with E-state index in [1.54, 1.807) is 0 Å². The average molecular weight is 212 g/mol. The van der Waals surface area contributed by atoms with Gasteiger partial charge in [-0.3, -0.25) is 4.79 Å². The van der Waals surface area contributed by atoms with Crippen molar-refractivity contribution in [3.8, 4) is 0 Å². The molecular weight excluding hydrogens is 196 g/mol. The minimum Gasteiger partial charge on any atom is -0.480 e. The fourth-order valence-electron chi connectivity index (χ4n) is 1.93. The van der Waals surface area contributed by atoms with Gasteiger partial charge in [-0.25, -0.2) is 4.79 Å². The molecule has 5 nitrogen and oxygen atoms in total. The van der Waals surface area contributed by atoms with Crippen LogP contribution in [0.1, 0.15) is 25.7 Å². The number of piperidine rings is 1. The van der Waals surface area contributed by atoms with E-state index >= 15 is 0 Å². The molecule has 0 aromatic carbocycles. The monoisotopic (exact) mass is 212 g/mol. The second-order valence-electron chi connectivity index (χ2n) is 4.42. The van der Waals surface area contributed by atoms with Gasteiger partial charge in [0.2, 0.25) is 5.91 Å². The first-order chi connectivity index (χ1) is 7.14. The fraction of sp³-hybridized carbons (Fsp3) is 0.800. The molecule has 15 heavy (non-hydrogen) atoms. The zero-order valence-corrected chi connectivity index (χ0v) is 8.58. The molecule has 1 atom stereocenters. The molecule has 2 rings (SSSR count). The largest absolute Gasteiger partial charge is 0.480 e. The minimum atomic E-state index is -0.936. The predicted octanol–water partition coefficient (Wildman–Crippen LogP) is -0.281. The first-order valence-electron chi connectivity index (χ1n) is 5.40. The highest BCUT2D eigenvalue weighted by molar-refractivity contribution is 5.90. The number of carbonyl (C=O) groups is 2. The van der Waals surface area contributed by atoms with Crippen molar-refractivity contribution in [1.29, 1.82) is 0 Å². The van der Waals surface area contributed by atoms with Crippen molar-refractivity contribution in [2.24, 2.45) is 5.92 Å². The molecule has 0 bridgehead atoms. The maximum atomic E-state index is 11.7. The summed E-state index contributed by atoms with van der Waals surface area (Å²) in [6.45, 7) is 1.62. The number of aliphatic carboxylic acids is 1. The molecule has 3 N–H and O–H groups in total. The van der Waals surface area contributed by atoms with E-state index in [0.29, 0.717) is 19.4 Å². The third kappa shape index (κ3) is 2.12. The van der Waals surface area contributed by atoms with Crippen LogP contribution < -0.4 is 10.6 Å². The number of carboxylic acid groups (broad SMARTS) is 1. The Kier molecular flexibility index (Phi) is 2.65. The molecule has 1 saturated carbocycles. The maximum Gasteiger partial charge on any atom is 0.329 e. The number of carbonyl (C=O) groups excluding carboxylic acids is 1. The predicted molar refractivity (Wildman–Crippen MR) is 53.3 cm³/mol. The van der Waals surface area contributed by atoms with Crippen LogP contribution in [0.15, 0.2) is 0 Å². The molecule has 0 aromatic heterocycles. The maximum absolute atomic E-state index is 11.7. The lowest BCUT2D eigenvalue weighted by Crippen LogP contribution is -2.48. The Labute approximate surface area is 88.2 Å². The molecule has 84 valence electrons. The van der Waals surface area contributed by atoms with E-state index in [1.807, 2.05) is 0 Å². The van der Waals surface area contributed by atoms with Crippen LogP contribution in [0.2, 0.25) is 0 Å². The highest BCUT2D eigenvalue weighted by Gasteiger charge is 2.52. The van der Waals surface area contributed by atoms with Gasteiger partial charge in [-0.05, 0) is 32.2 Å². The molecule has 1 heterocycles. The van der Waals surface area contributed by atoms with Crippen LogP contribution in [0, 0.1) is 5.92 Å². The summed E-state index contributed by atoms with van der Waals surface area (Å²) >= 11 is 0. The SMILES string of the molecule is O=C(NC1(C(=O)O)CC1)[C@H]1CCCNC1. The van der Waals surface area contributed by atoms with E-state index in [1.165, 1.54) is 0 Å². The summed E-state index contributed by atoms with van der Waals surface area (Å²) in [6.07, 6.45) is 2.97. The highest BCUT2D eigenvalue weighted by atomic mass is 16.4. The number of carboxylic acids is 1. The Balaban J connectivity index is 1.89. The molecule has 0 unspecified atom stereocenters. The van der Waals surface area contributed by atoms with E-state index in [4.69, 9.17) is 5.11 Å². The van der Waals surface area contributed by atoms with Gasteiger partial charge in [0.15, 0.2) is 0 Å². The lowest BCUT2D eigenvalue weighted by atomic mass is 9.98. The van der Waals surface area contributed by atoms with Crippen molar-refractivity contribution in [1.82, 2.24) is 10.6 Å². The van der Waals surface area contributed by atoms with Gasteiger partial charge in [0, 0.05) is 6.54 Å². The lowest BCUT2D eigenvalue weighted by molar-refractivity contribution is -0.143. The van der Waals surface area contributed by atoms with Crippen molar-refractivity contribution in [3.05, 3.63) is 0 Å². The van der Waals surface area contributed by atoms with Gasteiger partial charge in [0.25, 0.3) is 0 Å². The summed E-state index contributed by atoms with van der Waals surface area (Å²) in [4.78, 5) is 22.6. The Hall–Kier alpha value is -1.10. The van der Waals surface area contributed by atoms with Gasteiger partial charge in [0.05, 0.1) is 5.92 Å². The molecule has 2 fully saturated rings. The standard InChI is InChI=1S/C10H16N2O3/c13-8(7-2-1-5-11-6-7)12-10(3-4-10)9(14)15/h7,11H,1-6H2,(H,12,13)(H,14,15)/t7-/m0/s1. The Morgan fingerprint density at radius 2 is 2.13 bits per heavy atom. The molecule has 1 aliphatic carbocycles. The number of nitrogens with one attached hydrogen (secondary N) is 2. The van der Waals surface area contributed by atoms with Gasteiger partial charge in [-0.2, -0.15) is 0 Å². The van der Waals surface area contributed by atoms with Crippen molar-refractivity contribution in [2.45, 2.75) is 31.2 Å². The van der Waals surface area contributed by atoms with Gasteiger partial charge in [-0.1, -0.05) is 0 Å². The molecule has 0 spiro atoms. The zero-order valence-electron chi connectivity index (χ0n) is 8.58. The first kappa shape index (κ1) is 10.4. The van der Waals surface area contributed by atoms with E-state index < -0.39 is 11.5 Å². The second kappa shape index (κ2) is 3.81. The topological polar surface area (TPSA) is 78.4 Å². The van der Waals surface area contributed by atoms with Crippen molar-refractivity contribution in [3.63, 3.8) is 0 Å². The molecule has 1 aliphatic heterocycles. The molecule has 0 aromatic rings. The molecular formula is C10H16N2O3. The van der Waals surface area contributed by atoms with Gasteiger partial charge in [0.1, 0.15) is 5.54 Å². The minimum absolute atomic E-state index is 0.0597. The van der Waals surface area contributed by atoms with Crippen LogP contribution in [-0.4, -0.2) is 35.6 Å². The van der Waals surface area contributed by atoms with Gasteiger partial charge >= 0.3 is 5.97 Å². The van der Waals surface area contributed by atoms with Crippen LogP contribution in [0.3, 0.4) is 0 Å². The van der Waals surface area contributed by atoms with Crippen molar-refractivity contribution >= 4 is 11.9 Å². The molecule has 5 heteroatoms. The van der Waals surface area contributed by atoms with E-state index in [0.717, 1.165) is 19.4 Å². The summed E-state index contributed by atoms with van der Waals surface area (Å²) in [6, 6.07) is 0. The summed E-state index contributed by atoms with van der Waals surface area (Å²) in [7, 11) is 0. The number of hydrogen-bond acceptors (Lipinski definition) is 3. The van der Waals surface area contributed by atoms with Crippen LogP contribution in [0.5, 0.6) is 0 Å². The molecule has 1 amide bonds. The van der Waals surface area contributed by atoms with E-state index in [2.05, 4.69) is 10.6 Å². The number of amides is 1. The normalized spacial score (nSPS) is 28.1.